The minimum absolute atomic E-state index is 0.217. The molecule has 2 aliphatic heterocycles. The molecule has 2 atom stereocenters. The average Bonchev–Trinajstić information content (AvgIpc) is 2.73. The summed E-state index contributed by atoms with van der Waals surface area (Å²) >= 11 is 0. The summed E-state index contributed by atoms with van der Waals surface area (Å²) in [6, 6.07) is 6.08. The molecule has 0 bridgehead atoms. The topological polar surface area (TPSA) is 77.3 Å². The van der Waals surface area contributed by atoms with Crippen LogP contribution in [-0.4, -0.2) is 73.4 Å². The van der Waals surface area contributed by atoms with Gasteiger partial charge in [-0.25, -0.2) is 0 Å². The Morgan fingerprint density at radius 3 is 2.75 bits per heavy atom. The van der Waals surface area contributed by atoms with Gasteiger partial charge in [0, 0.05) is 58.2 Å². The van der Waals surface area contributed by atoms with Gasteiger partial charge in [-0.15, -0.1) is 0 Å². The third-order valence-electron chi connectivity index (χ3n) is 5.66. The SMILES string of the molecule is C[C@@H]1C[C@H](OCCN2CCNCC2)CN(c2ccc(C#N)c3nccnc23)C1. The Labute approximate surface area is 166 Å². The van der Waals surface area contributed by atoms with Crippen LogP contribution in [0.3, 0.4) is 0 Å². The number of aromatic nitrogens is 2. The van der Waals surface area contributed by atoms with Crippen molar-refractivity contribution in [2.75, 3.05) is 57.3 Å². The average molecular weight is 380 g/mol. The monoisotopic (exact) mass is 380 g/mol. The second kappa shape index (κ2) is 8.82. The van der Waals surface area contributed by atoms with Crippen molar-refractivity contribution >= 4 is 16.7 Å². The second-order valence-electron chi connectivity index (χ2n) is 7.83. The van der Waals surface area contributed by atoms with Crippen molar-refractivity contribution in [3.63, 3.8) is 0 Å². The number of nitrogens with one attached hydrogen (secondary N) is 1. The van der Waals surface area contributed by atoms with Crippen LogP contribution < -0.4 is 10.2 Å². The van der Waals surface area contributed by atoms with E-state index in [4.69, 9.17) is 4.74 Å². The molecule has 0 unspecified atom stereocenters. The summed E-state index contributed by atoms with van der Waals surface area (Å²) in [5, 5.41) is 12.8. The Morgan fingerprint density at radius 1 is 1.18 bits per heavy atom. The van der Waals surface area contributed by atoms with Gasteiger partial charge < -0.3 is 15.0 Å². The number of piperidine rings is 1. The number of piperazine rings is 1. The van der Waals surface area contributed by atoms with Crippen molar-refractivity contribution in [2.45, 2.75) is 19.4 Å². The maximum absolute atomic E-state index is 9.37. The first-order valence-electron chi connectivity index (χ1n) is 10.2. The van der Waals surface area contributed by atoms with E-state index in [0.29, 0.717) is 17.0 Å². The van der Waals surface area contributed by atoms with Gasteiger partial charge in [0.1, 0.15) is 17.1 Å². The number of anilines is 1. The van der Waals surface area contributed by atoms with Gasteiger partial charge in [0.25, 0.3) is 0 Å². The zero-order chi connectivity index (χ0) is 19.3. The zero-order valence-electron chi connectivity index (χ0n) is 16.5. The lowest BCUT2D eigenvalue weighted by molar-refractivity contribution is 0.0186. The number of hydrogen-bond donors (Lipinski definition) is 1. The first-order valence-corrected chi connectivity index (χ1v) is 10.2. The van der Waals surface area contributed by atoms with Crippen molar-refractivity contribution in [3.8, 4) is 6.07 Å². The van der Waals surface area contributed by atoms with E-state index in [1.807, 2.05) is 12.1 Å². The lowest BCUT2D eigenvalue weighted by Crippen LogP contribution is -2.46. The molecule has 4 rings (SSSR count). The molecule has 28 heavy (non-hydrogen) atoms. The van der Waals surface area contributed by atoms with Gasteiger partial charge >= 0.3 is 0 Å². The molecule has 2 aliphatic rings. The molecular weight excluding hydrogens is 352 g/mol. The Morgan fingerprint density at radius 2 is 1.96 bits per heavy atom. The van der Waals surface area contributed by atoms with E-state index in [1.54, 1.807) is 12.4 Å². The third kappa shape index (κ3) is 4.25. The predicted molar refractivity (Wildman–Crippen MR) is 109 cm³/mol. The molecule has 0 saturated carbocycles. The molecular formula is C21H28N6O. The van der Waals surface area contributed by atoms with Crippen LogP contribution >= 0.6 is 0 Å². The summed E-state index contributed by atoms with van der Waals surface area (Å²) in [7, 11) is 0. The smallest absolute Gasteiger partial charge is 0.113 e. The molecule has 1 aromatic heterocycles. The van der Waals surface area contributed by atoms with Crippen molar-refractivity contribution in [1.82, 2.24) is 20.2 Å². The standard InChI is InChI=1S/C21H28N6O/c1-16-12-18(28-11-10-26-8-6-23-7-9-26)15-27(14-16)19-3-2-17(13-22)20-21(19)25-5-4-24-20/h2-5,16,18,23H,6-12,14-15H2,1H3/t16-,18+/m1/s1. The fourth-order valence-electron chi connectivity index (χ4n) is 4.28. The number of rotatable bonds is 5. The second-order valence-corrected chi connectivity index (χ2v) is 7.83. The number of ether oxygens (including phenoxy) is 1. The molecule has 2 fully saturated rings. The highest BCUT2D eigenvalue weighted by Gasteiger charge is 2.27. The molecule has 0 radical (unpaired) electrons. The molecule has 0 spiro atoms. The van der Waals surface area contributed by atoms with E-state index >= 15 is 0 Å². The van der Waals surface area contributed by atoms with Crippen molar-refractivity contribution in [3.05, 3.63) is 30.1 Å². The fourth-order valence-corrected chi connectivity index (χ4v) is 4.28. The van der Waals surface area contributed by atoms with Crippen molar-refractivity contribution in [1.29, 1.82) is 5.26 Å². The van der Waals surface area contributed by atoms with E-state index in [2.05, 4.69) is 38.1 Å². The van der Waals surface area contributed by atoms with E-state index < -0.39 is 0 Å². The minimum Gasteiger partial charge on any atom is -0.375 e. The Hall–Kier alpha value is -2.27. The molecule has 0 amide bonds. The first-order chi connectivity index (χ1) is 13.7. The summed E-state index contributed by atoms with van der Waals surface area (Å²) in [6.45, 7) is 10.2. The predicted octanol–water partition coefficient (Wildman–Crippen LogP) is 1.64. The first kappa shape index (κ1) is 19.1. The fraction of sp³-hybridized carbons (Fsp3) is 0.571. The molecule has 148 valence electrons. The van der Waals surface area contributed by atoms with Gasteiger partial charge in [-0.3, -0.25) is 14.9 Å². The lowest BCUT2D eigenvalue weighted by Gasteiger charge is -2.38. The van der Waals surface area contributed by atoms with Gasteiger partial charge in [-0.1, -0.05) is 6.92 Å². The third-order valence-corrected chi connectivity index (χ3v) is 5.66. The summed E-state index contributed by atoms with van der Waals surface area (Å²) < 4.78 is 6.27. The Bertz CT molecular complexity index is 844. The summed E-state index contributed by atoms with van der Waals surface area (Å²) in [5.74, 6) is 0.542. The number of nitriles is 1. The van der Waals surface area contributed by atoms with E-state index in [9.17, 15) is 5.26 Å². The van der Waals surface area contributed by atoms with Gasteiger partial charge in [0.05, 0.1) is 24.0 Å². The molecule has 7 nitrogen and oxygen atoms in total. The van der Waals surface area contributed by atoms with Crippen molar-refractivity contribution in [2.24, 2.45) is 5.92 Å². The highest BCUT2D eigenvalue weighted by atomic mass is 16.5. The lowest BCUT2D eigenvalue weighted by atomic mass is 9.96. The van der Waals surface area contributed by atoms with Crippen LogP contribution in [0.5, 0.6) is 0 Å². The Balaban J connectivity index is 1.45. The summed E-state index contributed by atoms with van der Waals surface area (Å²) in [4.78, 5) is 13.7. The van der Waals surface area contributed by atoms with Crippen LogP contribution in [0, 0.1) is 17.2 Å². The summed E-state index contributed by atoms with van der Waals surface area (Å²) in [6.07, 6.45) is 4.64. The van der Waals surface area contributed by atoms with E-state index in [1.165, 1.54) is 0 Å². The quantitative estimate of drug-likeness (QED) is 0.845. The number of nitrogens with zero attached hydrogens (tertiary/aromatic N) is 5. The van der Waals surface area contributed by atoms with Crippen molar-refractivity contribution < 1.29 is 4.74 Å². The van der Waals surface area contributed by atoms with Crippen LogP contribution in [0.4, 0.5) is 5.69 Å². The number of hydrogen-bond acceptors (Lipinski definition) is 7. The highest BCUT2D eigenvalue weighted by molar-refractivity contribution is 5.92. The molecule has 0 aliphatic carbocycles. The molecule has 2 aromatic rings. The van der Waals surface area contributed by atoms with Crippen LogP contribution in [0.2, 0.25) is 0 Å². The van der Waals surface area contributed by atoms with Crippen LogP contribution in [0.25, 0.3) is 11.0 Å². The molecule has 1 N–H and O–H groups in total. The minimum atomic E-state index is 0.217. The van der Waals surface area contributed by atoms with Gasteiger partial charge in [-0.2, -0.15) is 5.26 Å². The van der Waals surface area contributed by atoms with Crippen LogP contribution in [-0.2, 0) is 4.74 Å². The molecule has 2 saturated heterocycles. The number of benzene rings is 1. The largest absolute Gasteiger partial charge is 0.375 e. The zero-order valence-corrected chi connectivity index (χ0v) is 16.5. The van der Waals surface area contributed by atoms with Crippen LogP contribution in [0.15, 0.2) is 24.5 Å². The van der Waals surface area contributed by atoms with Gasteiger partial charge in [-0.05, 0) is 24.5 Å². The summed E-state index contributed by atoms with van der Waals surface area (Å²) in [5.41, 5.74) is 3.09. The maximum atomic E-state index is 9.37. The van der Waals surface area contributed by atoms with Gasteiger partial charge in [0.2, 0.25) is 0 Å². The van der Waals surface area contributed by atoms with Gasteiger partial charge in [0.15, 0.2) is 0 Å². The van der Waals surface area contributed by atoms with E-state index in [-0.39, 0.29) is 6.10 Å². The van der Waals surface area contributed by atoms with Crippen LogP contribution in [0.1, 0.15) is 18.9 Å². The normalized spacial score (nSPS) is 23.6. The molecule has 7 heteroatoms. The Kier molecular flexibility index (Phi) is 6.01. The maximum Gasteiger partial charge on any atom is 0.113 e. The number of fused-ring (bicyclic) bond motifs is 1. The molecule has 3 heterocycles. The van der Waals surface area contributed by atoms with E-state index in [0.717, 1.165) is 70.0 Å². The highest BCUT2D eigenvalue weighted by Crippen LogP contribution is 2.30. The molecule has 1 aromatic carbocycles.